The minimum Gasteiger partial charge on any atom is -0.359 e. The van der Waals surface area contributed by atoms with Crippen LogP contribution in [0, 0.1) is 18.6 Å². The zero-order chi connectivity index (χ0) is 20.2. The number of nitrogens with one attached hydrogen (secondary N) is 1. The molecule has 1 N–H and O–H groups in total. The van der Waals surface area contributed by atoms with Gasteiger partial charge in [-0.15, -0.1) is 0 Å². The average molecular weight is 411 g/mol. The Morgan fingerprint density at radius 3 is 2.55 bits per heavy atom. The highest BCUT2D eigenvalue weighted by Crippen LogP contribution is 2.52. The molecule has 2 aliphatic rings. The molecule has 0 bridgehead atoms. The minimum atomic E-state index is -0.509. The maximum Gasteiger partial charge on any atom is 0.144 e. The van der Waals surface area contributed by atoms with Crippen LogP contribution in [0.3, 0.4) is 0 Å². The maximum atomic E-state index is 15.0. The molecule has 1 fully saturated rings. The van der Waals surface area contributed by atoms with Gasteiger partial charge in [-0.3, -0.25) is 0 Å². The zero-order valence-corrected chi connectivity index (χ0v) is 16.9. The van der Waals surface area contributed by atoms with E-state index >= 15 is 0 Å². The quantitative estimate of drug-likeness (QED) is 0.604. The van der Waals surface area contributed by atoms with Crippen LogP contribution < -0.4 is 10.2 Å². The zero-order valence-electron chi connectivity index (χ0n) is 16.1. The summed E-state index contributed by atoms with van der Waals surface area (Å²) < 4.78 is 29.9. The molecule has 3 aromatic carbocycles. The van der Waals surface area contributed by atoms with Crippen molar-refractivity contribution in [1.82, 2.24) is 5.32 Å². The molecule has 2 nitrogen and oxygen atoms in total. The van der Waals surface area contributed by atoms with E-state index in [1.54, 1.807) is 6.07 Å². The molecule has 0 aliphatic carbocycles. The summed E-state index contributed by atoms with van der Waals surface area (Å²) in [7, 11) is 0. The van der Waals surface area contributed by atoms with E-state index in [2.05, 4.69) is 22.3 Å². The molecule has 0 spiro atoms. The van der Waals surface area contributed by atoms with E-state index < -0.39 is 5.82 Å². The number of nitrogens with zero attached hydrogens (tertiary/aromatic N) is 1. The Kier molecular flexibility index (Phi) is 4.37. The van der Waals surface area contributed by atoms with Gasteiger partial charge in [-0.05, 0) is 35.7 Å². The van der Waals surface area contributed by atoms with E-state index in [-0.39, 0.29) is 16.4 Å². The van der Waals surface area contributed by atoms with Gasteiger partial charge < -0.3 is 10.2 Å². The number of anilines is 1. The SMILES string of the molecule is Cc1cccc(F)c1-c1c(Cl)c(F)cc2c1C[C@]1(c3ccccc3)CNCCN21. The van der Waals surface area contributed by atoms with E-state index in [0.29, 0.717) is 17.5 Å². The molecule has 0 aromatic heterocycles. The summed E-state index contributed by atoms with van der Waals surface area (Å²) in [6, 6.07) is 16.7. The van der Waals surface area contributed by atoms with E-state index in [9.17, 15) is 8.78 Å². The maximum absolute atomic E-state index is 15.0. The van der Waals surface area contributed by atoms with Gasteiger partial charge in [-0.1, -0.05) is 54.1 Å². The molecule has 29 heavy (non-hydrogen) atoms. The number of halogens is 3. The molecule has 5 rings (SSSR count). The van der Waals surface area contributed by atoms with Crippen LogP contribution in [-0.4, -0.2) is 19.6 Å². The Morgan fingerprint density at radius 2 is 1.79 bits per heavy atom. The van der Waals surface area contributed by atoms with Crippen molar-refractivity contribution in [2.24, 2.45) is 0 Å². The fraction of sp³-hybridized carbons (Fsp3) is 0.250. The second kappa shape index (κ2) is 6.82. The second-order valence-corrected chi connectivity index (χ2v) is 8.26. The van der Waals surface area contributed by atoms with Crippen LogP contribution in [0.2, 0.25) is 5.02 Å². The fourth-order valence-electron chi connectivity index (χ4n) is 4.98. The van der Waals surface area contributed by atoms with Crippen molar-refractivity contribution < 1.29 is 8.78 Å². The summed E-state index contributed by atoms with van der Waals surface area (Å²) in [6.07, 6.45) is 0.641. The summed E-state index contributed by atoms with van der Waals surface area (Å²) >= 11 is 6.47. The monoisotopic (exact) mass is 410 g/mol. The number of piperazine rings is 1. The Bertz CT molecular complexity index is 1080. The lowest BCUT2D eigenvalue weighted by Crippen LogP contribution is -2.57. The lowest BCUT2D eigenvalue weighted by Gasteiger charge is -2.45. The molecular formula is C24H21ClF2N2. The predicted octanol–water partition coefficient (Wildman–Crippen LogP) is 5.45. The van der Waals surface area contributed by atoms with E-state index in [1.807, 2.05) is 31.2 Å². The number of rotatable bonds is 2. The molecule has 0 radical (unpaired) electrons. The fourth-order valence-corrected chi connectivity index (χ4v) is 5.25. The van der Waals surface area contributed by atoms with Gasteiger partial charge in [-0.25, -0.2) is 8.78 Å². The lowest BCUT2D eigenvalue weighted by atomic mass is 9.83. The summed E-state index contributed by atoms with van der Waals surface area (Å²) in [5.74, 6) is -0.887. The van der Waals surface area contributed by atoms with Crippen molar-refractivity contribution >= 4 is 17.3 Å². The Hall–Kier alpha value is -2.43. The van der Waals surface area contributed by atoms with Crippen LogP contribution in [-0.2, 0) is 12.0 Å². The molecular weight excluding hydrogens is 390 g/mol. The molecule has 2 heterocycles. The summed E-state index contributed by atoms with van der Waals surface area (Å²) in [5.41, 5.74) is 4.18. The van der Waals surface area contributed by atoms with Crippen molar-refractivity contribution in [1.29, 1.82) is 0 Å². The van der Waals surface area contributed by atoms with Gasteiger partial charge in [0.25, 0.3) is 0 Å². The van der Waals surface area contributed by atoms with Crippen molar-refractivity contribution in [3.63, 3.8) is 0 Å². The lowest BCUT2D eigenvalue weighted by molar-refractivity contribution is 0.350. The Labute approximate surface area is 174 Å². The van der Waals surface area contributed by atoms with Gasteiger partial charge in [0, 0.05) is 42.9 Å². The molecule has 0 saturated carbocycles. The van der Waals surface area contributed by atoms with Crippen LogP contribution in [0.4, 0.5) is 14.5 Å². The highest BCUT2D eigenvalue weighted by Gasteiger charge is 2.48. The normalized spacial score (nSPS) is 20.5. The van der Waals surface area contributed by atoms with Gasteiger partial charge in [0.1, 0.15) is 11.6 Å². The minimum absolute atomic E-state index is 0.00651. The first kappa shape index (κ1) is 18.6. The number of hydrogen-bond acceptors (Lipinski definition) is 2. The van der Waals surface area contributed by atoms with Crippen LogP contribution >= 0.6 is 11.6 Å². The highest BCUT2D eigenvalue weighted by atomic mass is 35.5. The van der Waals surface area contributed by atoms with Gasteiger partial charge in [0.15, 0.2) is 0 Å². The van der Waals surface area contributed by atoms with E-state index in [0.717, 1.165) is 42.0 Å². The third-order valence-electron chi connectivity index (χ3n) is 6.29. The van der Waals surface area contributed by atoms with E-state index in [4.69, 9.17) is 11.6 Å². The number of hydrogen-bond donors (Lipinski definition) is 1. The van der Waals surface area contributed by atoms with Crippen molar-refractivity contribution in [3.8, 4) is 11.1 Å². The van der Waals surface area contributed by atoms with Crippen molar-refractivity contribution in [2.75, 3.05) is 24.5 Å². The number of benzene rings is 3. The van der Waals surface area contributed by atoms with Gasteiger partial charge in [0.2, 0.25) is 0 Å². The Balaban J connectivity index is 1.79. The highest BCUT2D eigenvalue weighted by molar-refractivity contribution is 6.34. The number of aryl methyl sites for hydroxylation is 1. The predicted molar refractivity (Wildman–Crippen MR) is 114 cm³/mol. The first-order chi connectivity index (χ1) is 14.0. The third-order valence-corrected chi connectivity index (χ3v) is 6.66. The largest absolute Gasteiger partial charge is 0.359 e. The van der Waals surface area contributed by atoms with Crippen LogP contribution in [0.25, 0.3) is 11.1 Å². The smallest absolute Gasteiger partial charge is 0.144 e. The van der Waals surface area contributed by atoms with Gasteiger partial charge in [0.05, 0.1) is 10.6 Å². The van der Waals surface area contributed by atoms with E-state index in [1.165, 1.54) is 12.1 Å². The summed E-state index contributed by atoms with van der Waals surface area (Å²) in [5, 5.41) is 3.49. The molecule has 5 heteroatoms. The molecule has 1 atom stereocenters. The van der Waals surface area contributed by atoms with Gasteiger partial charge >= 0.3 is 0 Å². The van der Waals surface area contributed by atoms with Crippen LogP contribution in [0.1, 0.15) is 16.7 Å². The van der Waals surface area contributed by atoms with Crippen LogP contribution in [0.5, 0.6) is 0 Å². The average Bonchev–Trinajstić information content (AvgIpc) is 3.06. The number of fused-ring (bicyclic) bond motifs is 3. The van der Waals surface area contributed by atoms with Gasteiger partial charge in [-0.2, -0.15) is 0 Å². The third kappa shape index (κ3) is 2.70. The first-order valence-electron chi connectivity index (χ1n) is 9.83. The second-order valence-electron chi connectivity index (χ2n) is 7.88. The molecule has 2 aliphatic heterocycles. The van der Waals surface area contributed by atoms with Crippen LogP contribution in [0.15, 0.2) is 54.6 Å². The molecule has 3 aromatic rings. The summed E-state index contributed by atoms with van der Waals surface area (Å²) in [4.78, 5) is 2.27. The molecule has 1 saturated heterocycles. The van der Waals surface area contributed by atoms with Crippen molar-refractivity contribution in [2.45, 2.75) is 18.9 Å². The summed E-state index contributed by atoms with van der Waals surface area (Å²) in [6.45, 7) is 4.13. The standard InChI is InChI=1S/C24H21ClF2N2/c1-15-6-5-9-18(26)21(15)22-17-13-24(16-7-3-2-4-8-16)14-28-10-11-29(24)20(17)12-19(27)23(22)25/h2-9,12,28H,10-11,13-14H2,1H3/t24-/m1/s1. The first-order valence-corrected chi connectivity index (χ1v) is 10.2. The molecule has 0 unspecified atom stereocenters. The Morgan fingerprint density at radius 1 is 1.00 bits per heavy atom. The molecule has 0 amide bonds. The van der Waals surface area contributed by atoms with Crippen molar-refractivity contribution in [3.05, 3.63) is 87.9 Å². The topological polar surface area (TPSA) is 15.3 Å². The molecule has 148 valence electrons.